The number of nitrogens with one attached hydrogen (secondary N) is 1. The summed E-state index contributed by atoms with van der Waals surface area (Å²) in [4.78, 5) is 23.3. The first-order chi connectivity index (χ1) is 9.10. The van der Waals surface area contributed by atoms with Crippen molar-refractivity contribution in [3.63, 3.8) is 0 Å². The van der Waals surface area contributed by atoms with Crippen LogP contribution in [0.4, 0.5) is 10.7 Å². The van der Waals surface area contributed by atoms with Crippen LogP contribution in [0.5, 0.6) is 0 Å². The summed E-state index contributed by atoms with van der Waals surface area (Å²) in [6.07, 6.45) is 1.97. The Balaban J connectivity index is 2.08. The molecule has 2 aromatic rings. The molecule has 2 rings (SSSR count). The highest BCUT2D eigenvalue weighted by Gasteiger charge is 2.15. The molecule has 1 aromatic heterocycles. The number of benzene rings is 1. The maximum absolute atomic E-state index is 11.9. The zero-order valence-electron chi connectivity index (χ0n) is 9.95. The summed E-state index contributed by atoms with van der Waals surface area (Å²) < 4.78 is 0. The molecule has 0 aliphatic rings. The monoisotopic (exact) mass is 294 g/mol. The lowest BCUT2D eigenvalue weighted by molar-refractivity contribution is -0.380. The van der Waals surface area contributed by atoms with Crippen LogP contribution in [0.15, 0.2) is 41.3 Å². The van der Waals surface area contributed by atoms with Gasteiger partial charge in [-0.2, -0.15) is 0 Å². The summed E-state index contributed by atoms with van der Waals surface area (Å²) >= 11 is 2.47. The molecule has 0 spiro atoms. The molecule has 1 amide bonds. The number of hydrogen-bond acceptors (Lipinski definition) is 5. The fraction of sp³-hybridized carbons (Fsp3) is 0.0833. The predicted octanol–water partition coefficient (Wildman–Crippen LogP) is 3.63. The molecule has 1 N–H and O–H groups in total. The Morgan fingerprint density at radius 2 is 1.95 bits per heavy atom. The number of thioether (sulfide) groups is 1. The van der Waals surface area contributed by atoms with Crippen LogP contribution >= 0.6 is 23.1 Å². The summed E-state index contributed by atoms with van der Waals surface area (Å²) in [6, 6.07) is 10.2. The molecule has 0 radical (unpaired) electrons. The Hall–Kier alpha value is -1.86. The molecule has 7 heteroatoms. The van der Waals surface area contributed by atoms with Crippen LogP contribution in [0.3, 0.4) is 0 Å². The van der Waals surface area contributed by atoms with E-state index in [1.807, 2.05) is 18.4 Å². The second kappa shape index (κ2) is 5.85. The zero-order valence-corrected chi connectivity index (χ0v) is 11.6. The largest absolute Gasteiger partial charge is 0.324 e. The van der Waals surface area contributed by atoms with Crippen molar-refractivity contribution in [3.05, 3.63) is 51.4 Å². The first kappa shape index (κ1) is 13.6. The smallest absolute Gasteiger partial charge is 0.321 e. The Kier molecular flexibility index (Phi) is 4.18. The Morgan fingerprint density at radius 3 is 2.47 bits per heavy atom. The van der Waals surface area contributed by atoms with Gasteiger partial charge >= 0.3 is 5.00 Å². The van der Waals surface area contributed by atoms with E-state index in [1.165, 1.54) is 12.1 Å². The van der Waals surface area contributed by atoms with E-state index in [1.54, 1.807) is 23.9 Å². The molecule has 0 aliphatic heterocycles. The van der Waals surface area contributed by atoms with Gasteiger partial charge < -0.3 is 5.32 Å². The van der Waals surface area contributed by atoms with Crippen LogP contribution in [0.1, 0.15) is 9.67 Å². The summed E-state index contributed by atoms with van der Waals surface area (Å²) in [5.74, 6) is -0.338. The topological polar surface area (TPSA) is 72.2 Å². The van der Waals surface area contributed by atoms with E-state index < -0.39 is 4.92 Å². The number of anilines is 1. The zero-order chi connectivity index (χ0) is 13.8. The number of rotatable bonds is 4. The Bertz CT molecular complexity index is 608. The van der Waals surface area contributed by atoms with Crippen molar-refractivity contribution in [2.45, 2.75) is 4.90 Å². The van der Waals surface area contributed by atoms with Crippen molar-refractivity contribution in [2.24, 2.45) is 0 Å². The molecular weight excluding hydrogens is 284 g/mol. The number of hydrogen-bond donors (Lipinski definition) is 1. The van der Waals surface area contributed by atoms with E-state index in [9.17, 15) is 14.9 Å². The van der Waals surface area contributed by atoms with Crippen molar-refractivity contribution >= 4 is 39.7 Å². The lowest BCUT2D eigenvalue weighted by Crippen LogP contribution is -2.09. The van der Waals surface area contributed by atoms with E-state index >= 15 is 0 Å². The molecule has 0 aliphatic carbocycles. The molecule has 5 nitrogen and oxygen atoms in total. The number of carbonyl (C=O) groups excluding carboxylic acids is 1. The maximum Gasteiger partial charge on any atom is 0.324 e. The van der Waals surface area contributed by atoms with E-state index in [0.717, 1.165) is 16.2 Å². The first-order valence-electron chi connectivity index (χ1n) is 5.30. The normalized spacial score (nSPS) is 10.2. The van der Waals surface area contributed by atoms with Crippen molar-refractivity contribution in [1.82, 2.24) is 0 Å². The second-order valence-electron chi connectivity index (χ2n) is 3.58. The molecular formula is C12H10N2O3S2. The lowest BCUT2D eigenvalue weighted by atomic mass is 10.3. The van der Waals surface area contributed by atoms with Crippen LogP contribution in [0.25, 0.3) is 0 Å². The van der Waals surface area contributed by atoms with E-state index in [-0.39, 0.29) is 10.9 Å². The molecule has 1 aromatic carbocycles. The minimum atomic E-state index is -0.505. The Morgan fingerprint density at radius 1 is 1.26 bits per heavy atom. The van der Waals surface area contributed by atoms with Crippen LogP contribution in [-0.4, -0.2) is 17.1 Å². The van der Waals surface area contributed by atoms with Gasteiger partial charge in [0.25, 0.3) is 5.91 Å². The highest BCUT2D eigenvalue weighted by atomic mass is 32.2. The SMILES string of the molecule is CSc1ccc(NC(=O)c2ccc([N+](=O)[O-])s2)cc1. The standard InChI is InChI=1S/C12H10N2O3S2/c1-18-9-4-2-8(3-5-9)13-12(15)10-6-7-11(19-10)14(16)17/h2-7H,1H3,(H,13,15). The molecule has 0 unspecified atom stereocenters. The minimum absolute atomic E-state index is 0.0390. The van der Waals surface area contributed by atoms with Crippen molar-refractivity contribution in [2.75, 3.05) is 11.6 Å². The molecule has 0 saturated heterocycles. The van der Waals surface area contributed by atoms with E-state index in [0.29, 0.717) is 10.6 Å². The number of nitrogens with zero attached hydrogens (tertiary/aromatic N) is 1. The van der Waals surface area contributed by atoms with Crippen LogP contribution in [0.2, 0.25) is 0 Å². The van der Waals surface area contributed by atoms with Crippen molar-refractivity contribution < 1.29 is 9.72 Å². The van der Waals surface area contributed by atoms with E-state index in [2.05, 4.69) is 5.32 Å². The van der Waals surface area contributed by atoms with Crippen LogP contribution < -0.4 is 5.32 Å². The average molecular weight is 294 g/mol. The summed E-state index contributed by atoms with van der Waals surface area (Å²) in [7, 11) is 0. The fourth-order valence-corrected chi connectivity index (χ4v) is 2.54. The van der Waals surface area contributed by atoms with Crippen molar-refractivity contribution in [1.29, 1.82) is 0 Å². The molecule has 0 atom stereocenters. The molecule has 0 fully saturated rings. The number of amides is 1. The van der Waals surface area contributed by atoms with E-state index in [4.69, 9.17) is 0 Å². The number of carbonyl (C=O) groups is 1. The lowest BCUT2D eigenvalue weighted by Gasteiger charge is -2.03. The molecule has 19 heavy (non-hydrogen) atoms. The van der Waals surface area contributed by atoms with Gasteiger partial charge in [0.15, 0.2) is 0 Å². The van der Waals surface area contributed by atoms with Crippen LogP contribution in [-0.2, 0) is 0 Å². The quantitative estimate of drug-likeness (QED) is 0.531. The second-order valence-corrected chi connectivity index (χ2v) is 5.52. The molecule has 0 saturated carbocycles. The van der Waals surface area contributed by atoms with Crippen LogP contribution in [0, 0.1) is 10.1 Å². The highest BCUT2D eigenvalue weighted by Crippen LogP contribution is 2.25. The van der Waals surface area contributed by atoms with Gasteiger partial charge in [-0.25, -0.2) is 0 Å². The Labute approximate surface area is 117 Å². The number of nitro groups is 1. The van der Waals surface area contributed by atoms with Gasteiger partial charge in [0.2, 0.25) is 0 Å². The van der Waals surface area contributed by atoms with Gasteiger partial charge in [0, 0.05) is 16.6 Å². The van der Waals surface area contributed by atoms with Gasteiger partial charge in [0.05, 0.1) is 9.80 Å². The third-order valence-electron chi connectivity index (χ3n) is 2.34. The van der Waals surface area contributed by atoms with Gasteiger partial charge in [-0.05, 0) is 36.6 Å². The minimum Gasteiger partial charge on any atom is -0.321 e. The summed E-state index contributed by atoms with van der Waals surface area (Å²) in [6.45, 7) is 0. The third kappa shape index (κ3) is 3.33. The van der Waals surface area contributed by atoms with Gasteiger partial charge in [-0.15, -0.1) is 11.8 Å². The average Bonchev–Trinajstić information content (AvgIpc) is 2.89. The maximum atomic E-state index is 11.9. The molecule has 98 valence electrons. The third-order valence-corrected chi connectivity index (χ3v) is 4.12. The predicted molar refractivity (Wildman–Crippen MR) is 77.1 cm³/mol. The highest BCUT2D eigenvalue weighted by molar-refractivity contribution is 7.98. The van der Waals surface area contributed by atoms with Gasteiger partial charge in [-0.1, -0.05) is 11.3 Å². The summed E-state index contributed by atoms with van der Waals surface area (Å²) in [5, 5.41) is 13.2. The fourth-order valence-electron chi connectivity index (χ4n) is 1.41. The molecule has 1 heterocycles. The van der Waals surface area contributed by atoms with Crippen molar-refractivity contribution in [3.8, 4) is 0 Å². The summed E-state index contributed by atoms with van der Waals surface area (Å²) in [5.41, 5.74) is 0.666. The first-order valence-corrected chi connectivity index (χ1v) is 7.34. The molecule has 0 bridgehead atoms. The number of thiophene rings is 1. The van der Waals surface area contributed by atoms with Gasteiger partial charge in [0.1, 0.15) is 0 Å². The van der Waals surface area contributed by atoms with Gasteiger partial charge in [-0.3, -0.25) is 14.9 Å².